The zero-order valence-corrected chi connectivity index (χ0v) is 12.6. The Bertz CT molecular complexity index is 494. The number of hydrogen-bond acceptors (Lipinski definition) is 6. The van der Waals surface area contributed by atoms with Gasteiger partial charge in [-0.1, -0.05) is 13.3 Å². The van der Waals surface area contributed by atoms with Gasteiger partial charge >= 0.3 is 5.97 Å². The second kappa shape index (κ2) is 7.42. The van der Waals surface area contributed by atoms with Gasteiger partial charge in [0, 0.05) is 19.2 Å². The molecule has 1 saturated heterocycles. The van der Waals surface area contributed by atoms with Crippen LogP contribution in [0, 0.1) is 0 Å². The Balaban J connectivity index is 2.15. The van der Waals surface area contributed by atoms with Gasteiger partial charge in [0.15, 0.2) is 0 Å². The molecule has 2 rings (SSSR count). The number of hydrogen-bond donors (Lipinski definition) is 2. The van der Waals surface area contributed by atoms with Crippen molar-refractivity contribution in [2.45, 2.75) is 25.8 Å². The summed E-state index contributed by atoms with van der Waals surface area (Å²) in [5, 5.41) is 12.2. The van der Waals surface area contributed by atoms with E-state index in [1.807, 2.05) is 11.8 Å². The van der Waals surface area contributed by atoms with Crippen molar-refractivity contribution in [3.05, 3.63) is 11.3 Å². The first-order chi connectivity index (χ1) is 10.1. The van der Waals surface area contributed by atoms with Gasteiger partial charge in [0.05, 0.1) is 13.2 Å². The average Bonchev–Trinajstić information content (AvgIpc) is 2.47. The Labute approximate surface area is 128 Å². The van der Waals surface area contributed by atoms with Crippen molar-refractivity contribution < 1.29 is 14.6 Å². The van der Waals surface area contributed by atoms with Gasteiger partial charge in [-0.25, -0.2) is 14.8 Å². The first-order valence-corrected chi connectivity index (χ1v) is 7.34. The molecule has 0 amide bonds. The summed E-state index contributed by atoms with van der Waals surface area (Å²) < 4.78 is 5.30. The van der Waals surface area contributed by atoms with Crippen LogP contribution in [0.15, 0.2) is 6.07 Å². The number of halogens is 1. The predicted molar refractivity (Wildman–Crippen MR) is 80.0 cm³/mol. The highest BCUT2D eigenvalue weighted by molar-refractivity contribution is 6.28. The Morgan fingerprint density at radius 3 is 2.86 bits per heavy atom. The van der Waals surface area contributed by atoms with Crippen LogP contribution in [0.2, 0.25) is 5.28 Å². The Morgan fingerprint density at radius 1 is 1.52 bits per heavy atom. The van der Waals surface area contributed by atoms with E-state index in [1.54, 1.807) is 6.07 Å². The molecule has 0 saturated carbocycles. The van der Waals surface area contributed by atoms with E-state index in [2.05, 4.69) is 15.3 Å². The Hall–Kier alpha value is -1.60. The van der Waals surface area contributed by atoms with E-state index < -0.39 is 12.0 Å². The zero-order valence-electron chi connectivity index (χ0n) is 11.9. The molecule has 21 heavy (non-hydrogen) atoms. The van der Waals surface area contributed by atoms with E-state index in [1.165, 1.54) is 0 Å². The minimum Gasteiger partial charge on any atom is -0.480 e. The van der Waals surface area contributed by atoms with E-state index in [0.29, 0.717) is 31.3 Å². The molecule has 1 aromatic rings. The number of aromatic nitrogens is 2. The van der Waals surface area contributed by atoms with Crippen molar-refractivity contribution in [3.63, 3.8) is 0 Å². The highest BCUT2D eigenvalue weighted by Crippen LogP contribution is 2.20. The van der Waals surface area contributed by atoms with Crippen molar-refractivity contribution in [3.8, 4) is 0 Å². The van der Waals surface area contributed by atoms with Crippen LogP contribution in [0.1, 0.15) is 19.8 Å². The first kappa shape index (κ1) is 15.8. The maximum atomic E-state index is 11.2. The van der Waals surface area contributed by atoms with E-state index in [4.69, 9.17) is 16.3 Å². The van der Waals surface area contributed by atoms with Crippen LogP contribution in [-0.4, -0.2) is 53.4 Å². The third kappa shape index (κ3) is 4.44. The highest BCUT2D eigenvalue weighted by atomic mass is 35.5. The number of nitrogens with zero attached hydrogens (tertiary/aromatic N) is 3. The maximum Gasteiger partial charge on any atom is 0.326 e. The normalized spacial score (nSPS) is 16.6. The molecule has 0 bridgehead atoms. The molecule has 1 aromatic heterocycles. The fraction of sp³-hybridized carbons (Fsp3) is 0.615. The van der Waals surface area contributed by atoms with Crippen LogP contribution in [0.5, 0.6) is 0 Å². The van der Waals surface area contributed by atoms with Crippen molar-refractivity contribution in [1.82, 2.24) is 9.97 Å². The Kier molecular flexibility index (Phi) is 5.58. The fourth-order valence-electron chi connectivity index (χ4n) is 2.16. The second-order valence-electron chi connectivity index (χ2n) is 4.80. The fourth-order valence-corrected chi connectivity index (χ4v) is 2.34. The van der Waals surface area contributed by atoms with Crippen LogP contribution in [0.4, 0.5) is 11.6 Å². The number of carboxylic acids is 1. The summed E-state index contributed by atoms with van der Waals surface area (Å²) >= 11 is 5.94. The lowest BCUT2D eigenvalue weighted by Crippen LogP contribution is -2.37. The number of ether oxygens (including phenoxy) is 1. The molecule has 2 N–H and O–H groups in total. The molecule has 1 aliphatic rings. The molecule has 8 heteroatoms. The van der Waals surface area contributed by atoms with E-state index >= 15 is 0 Å². The monoisotopic (exact) mass is 314 g/mol. The lowest BCUT2D eigenvalue weighted by atomic mass is 10.2. The molecule has 116 valence electrons. The topological polar surface area (TPSA) is 87.6 Å². The summed E-state index contributed by atoms with van der Waals surface area (Å²) in [6.07, 6.45) is 1.28. The minimum absolute atomic E-state index is 0.0992. The summed E-state index contributed by atoms with van der Waals surface area (Å²) in [6.45, 7) is 4.66. The third-order valence-electron chi connectivity index (χ3n) is 3.22. The van der Waals surface area contributed by atoms with Crippen molar-refractivity contribution >= 4 is 29.2 Å². The summed E-state index contributed by atoms with van der Waals surface area (Å²) in [5.74, 6) is 0.207. The number of carbonyl (C=O) groups is 1. The highest BCUT2D eigenvalue weighted by Gasteiger charge is 2.19. The molecule has 1 aliphatic heterocycles. The standard InChI is InChI=1S/C13H19ClN4O3/c1-2-3-9(12(19)20)15-10-8-11(17-13(14)16-10)18-4-6-21-7-5-18/h8-9H,2-7H2,1H3,(H,19,20)(H,15,16,17). The number of aliphatic carboxylic acids is 1. The van der Waals surface area contributed by atoms with Crippen LogP contribution in [0.25, 0.3) is 0 Å². The molecule has 1 atom stereocenters. The number of morpholine rings is 1. The molecule has 7 nitrogen and oxygen atoms in total. The molecule has 1 unspecified atom stereocenters. The van der Waals surface area contributed by atoms with Gasteiger partial charge in [0.2, 0.25) is 5.28 Å². The van der Waals surface area contributed by atoms with Gasteiger partial charge in [-0.2, -0.15) is 0 Å². The lowest BCUT2D eigenvalue weighted by Gasteiger charge is -2.28. The third-order valence-corrected chi connectivity index (χ3v) is 3.39. The van der Waals surface area contributed by atoms with Crippen LogP contribution < -0.4 is 10.2 Å². The van der Waals surface area contributed by atoms with Gasteiger partial charge in [-0.3, -0.25) is 0 Å². The molecule has 2 heterocycles. The summed E-state index contributed by atoms with van der Waals surface area (Å²) in [4.78, 5) is 21.5. The molecule has 1 fully saturated rings. The van der Waals surface area contributed by atoms with Crippen LogP contribution in [-0.2, 0) is 9.53 Å². The SMILES string of the molecule is CCCC(Nc1cc(N2CCOCC2)nc(Cl)n1)C(=O)O. The lowest BCUT2D eigenvalue weighted by molar-refractivity contribution is -0.138. The van der Waals surface area contributed by atoms with E-state index in [-0.39, 0.29) is 5.28 Å². The van der Waals surface area contributed by atoms with Gasteiger partial charge < -0.3 is 20.1 Å². The molecular weight excluding hydrogens is 296 g/mol. The predicted octanol–water partition coefficient (Wildman–Crippen LogP) is 1.63. The largest absolute Gasteiger partial charge is 0.480 e. The number of nitrogens with one attached hydrogen (secondary N) is 1. The van der Waals surface area contributed by atoms with Gasteiger partial charge in [0.25, 0.3) is 0 Å². The Morgan fingerprint density at radius 2 is 2.24 bits per heavy atom. The first-order valence-electron chi connectivity index (χ1n) is 6.96. The smallest absolute Gasteiger partial charge is 0.326 e. The van der Waals surface area contributed by atoms with Crippen molar-refractivity contribution in [2.75, 3.05) is 36.5 Å². The second-order valence-corrected chi connectivity index (χ2v) is 5.14. The van der Waals surface area contributed by atoms with Crippen LogP contribution in [0.3, 0.4) is 0 Å². The molecule has 0 radical (unpaired) electrons. The number of anilines is 2. The molecule has 0 aromatic carbocycles. The van der Waals surface area contributed by atoms with Crippen LogP contribution >= 0.6 is 11.6 Å². The maximum absolute atomic E-state index is 11.2. The minimum atomic E-state index is -0.903. The van der Waals surface area contributed by atoms with Crippen molar-refractivity contribution in [1.29, 1.82) is 0 Å². The molecule has 0 spiro atoms. The van der Waals surface area contributed by atoms with Gasteiger partial charge in [-0.05, 0) is 18.0 Å². The summed E-state index contributed by atoms with van der Waals surface area (Å²) in [6, 6.07) is 1.04. The number of carboxylic acid groups (broad SMARTS) is 1. The molecular formula is C13H19ClN4O3. The summed E-state index contributed by atoms with van der Waals surface area (Å²) in [7, 11) is 0. The summed E-state index contributed by atoms with van der Waals surface area (Å²) in [5.41, 5.74) is 0. The number of rotatable bonds is 6. The van der Waals surface area contributed by atoms with Gasteiger partial charge in [-0.15, -0.1) is 0 Å². The van der Waals surface area contributed by atoms with Gasteiger partial charge in [0.1, 0.15) is 17.7 Å². The quantitative estimate of drug-likeness (QED) is 0.772. The van der Waals surface area contributed by atoms with Crippen molar-refractivity contribution in [2.24, 2.45) is 0 Å². The average molecular weight is 315 g/mol. The molecule has 0 aliphatic carbocycles. The van der Waals surface area contributed by atoms with E-state index in [0.717, 1.165) is 19.5 Å². The van der Waals surface area contributed by atoms with E-state index in [9.17, 15) is 9.90 Å². The zero-order chi connectivity index (χ0) is 15.2.